The van der Waals surface area contributed by atoms with Gasteiger partial charge in [-0.1, -0.05) is 32.9 Å². The molecule has 0 atom stereocenters. The topological polar surface area (TPSA) is 51.3 Å². The van der Waals surface area contributed by atoms with Crippen molar-refractivity contribution >= 4 is 16.9 Å². The second kappa shape index (κ2) is 6.76. The lowest BCUT2D eigenvalue weighted by Gasteiger charge is -2.19. The van der Waals surface area contributed by atoms with Crippen molar-refractivity contribution in [2.45, 2.75) is 52.6 Å². The number of carbonyl (C=O) groups excluding carboxylic acids is 1. The van der Waals surface area contributed by atoms with Crippen LogP contribution >= 0.6 is 0 Å². The number of ether oxygens (including phenoxy) is 2. The highest BCUT2D eigenvalue weighted by Gasteiger charge is 2.21. The van der Waals surface area contributed by atoms with Gasteiger partial charge >= 0.3 is 5.97 Å². The fraction of sp³-hybridized carbons (Fsp3) is 0.348. The van der Waals surface area contributed by atoms with Crippen molar-refractivity contribution in [2.75, 3.05) is 0 Å². The zero-order chi connectivity index (χ0) is 19.8. The maximum Gasteiger partial charge on any atom is 0.340 e. The first-order chi connectivity index (χ1) is 12.5. The van der Waals surface area contributed by atoms with Crippen molar-refractivity contribution in [1.29, 1.82) is 0 Å². The van der Waals surface area contributed by atoms with E-state index in [0.29, 0.717) is 11.3 Å². The molecule has 0 aliphatic rings. The number of aromatic nitrogens is 1. The van der Waals surface area contributed by atoms with Crippen molar-refractivity contribution in [3.63, 3.8) is 0 Å². The van der Waals surface area contributed by atoms with E-state index in [1.807, 2.05) is 51.1 Å². The molecule has 0 bridgehead atoms. The van der Waals surface area contributed by atoms with Crippen molar-refractivity contribution < 1.29 is 14.3 Å². The zero-order valence-electron chi connectivity index (χ0n) is 16.8. The number of carbonyl (C=O) groups is 1. The van der Waals surface area contributed by atoms with E-state index in [4.69, 9.17) is 9.47 Å². The number of hydrogen-bond donors (Lipinski definition) is 1. The molecule has 0 aliphatic carbocycles. The predicted molar refractivity (Wildman–Crippen MR) is 109 cm³/mol. The van der Waals surface area contributed by atoms with Crippen LogP contribution in [0.3, 0.4) is 0 Å². The van der Waals surface area contributed by atoms with Gasteiger partial charge in [-0.15, -0.1) is 0 Å². The summed E-state index contributed by atoms with van der Waals surface area (Å²) >= 11 is 0. The van der Waals surface area contributed by atoms with E-state index in [-0.39, 0.29) is 11.4 Å². The summed E-state index contributed by atoms with van der Waals surface area (Å²) in [6, 6.07) is 13.8. The normalized spacial score (nSPS) is 12.2. The van der Waals surface area contributed by atoms with Gasteiger partial charge in [-0.3, -0.25) is 0 Å². The van der Waals surface area contributed by atoms with Crippen LogP contribution in [-0.2, 0) is 10.2 Å². The molecule has 27 heavy (non-hydrogen) atoms. The van der Waals surface area contributed by atoms with Gasteiger partial charge in [-0.2, -0.15) is 0 Å². The first-order valence-electron chi connectivity index (χ1n) is 9.16. The van der Waals surface area contributed by atoms with E-state index >= 15 is 0 Å². The molecule has 4 nitrogen and oxygen atoms in total. The van der Waals surface area contributed by atoms with E-state index in [0.717, 1.165) is 16.7 Å². The summed E-state index contributed by atoms with van der Waals surface area (Å²) in [5.41, 5.74) is 2.19. The molecule has 0 radical (unpaired) electrons. The molecule has 0 fully saturated rings. The SMILES string of the molecule is CC(C)(C)OC(=O)c1c[nH]c2ccc(Oc3ccc(C(C)(C)C)cc3)cc12. The average Bonchev–Trinajstić information content (AvgIpc) is 2.96. The Kier molecular flexibility index (Phi) is 4.77. The predicted octanol–water partition coefficient (Wildman–Crippen LogP) is 6.21. The molecule has 142 valence electrons. The largest absolute Gasteiger partial charge is 0.457 e. The summed E-state index contributed by atoms with van der Waals surface area (Å²) in [5.74, 6) is 1.09. The molecule has 0 spiro atoms. The monoisotopic (exact) mass is 365 g/mol. The minimum Gasteiger partial charge on any atom is -0.457 e. The molecule has 0 aliphatic heterocycles. The molecular weight excluding hydrogens is 338 g/mol. The van der Waals surface area contributed by atoms with Crippen molar-refractivity contribution in [3.05, 3.63) is 59.8 Å². The Balaban J connectivity index is 1.86. The number of fused-ring (bicyclic) bond motifs is 1. The quantitative estimate of drug-likeness (QED) is 0.561. The molecule has 1 heterocycles. The standard InChI is InChI=1S/C23H27NO3/c1-22(2,3)15-7-9-16(10-8-15)26-17-11-12-20-18(13-17)19(14-24-20)21(25)27-23(4,5)6/h7-14,24H,1-6H3. The number of esters is 1. The van der Waals surface area contributed by atoms with Crippen LogP contribution in [0.2, 0.25) is 0 Å². The smallest absolute Gasteiger partial charge is 0.340 e. The molecule has 0 unspecified atom stereocenters. The van der Waals surface area contributed by atoms with Gasteiger partial charge in [-0.05, 0) is 62.1 Å². The molecular formula is C23H27NO3. The molecule has 3 aromatic rings. The molecule has 2 aromatic carbocycles. The van der Waals surface area contributed by atoms with E-state index in [1.165, 1.54) is 5.56 Å². The number of hydrogen-bond acceptors (Lipinski definition) is 3. The van der Waals surface area contributed by atoms with Crippen LogP contribution in [0.5, 0.6) is 11.5 Å². The van der Waals surface area contributed by atoms with Crippen molar-refractivity contribution in [3.8, 4) is 11.5 Å². The highest BCUT2D eigenvalue weighted by atomic mass is 16.6. The Morgan fingerprint density at radius 1 is 0.889 bits per heavy atom. The number of H-pyrrole nitrogens is 1. The molecule has 0 amide bonds. The van der Waals surface area contributed by atoms with Crippen molar-refractivity contribution in [1.82, 2.24) is 4.98 Å². The summed E-state index contributed by atoms with van der Waals surface area (Å²) in [5, 5.41) is 0.785. The highest BCUT2D eigenvalue weighted by molar-refractivity contribution is 6.04. The lowest BCUT2D eigenvalue weighted by molar-refractivity contribution is 0.00719. The number of aromatic amines is 1. The number of rotatable bonds is 3. The van der Waals surface area contributed by atoms with Gasteiger partial charge in [0.05, 0.1) is 5.56 Å². The fourth-order valence-corrected chi connectivity index (χ4v) is 2.82. The summed E-state index contributed by atoms with van der Waals surface area (Å²) in [6.07, 6.45) is 1.68. The first-order valence-corrected chi connectivity index (χ1v) is 9.16. The van der Waals surface area contributed by atoms with Crippen LogP contribution in [-0.4, -0.2) is 16.6 Å². The first kappa shape index (κ1) is 19.0. The van der Waals surface area contributed by atoms with Crippen LogP contribution < -0.4 is 4.74 Å². The Hall–Kier alpha value is -2.75. The lowest BCUT2D eigenvalue weighted by Crippen LogP contribution is -2.23. The minimum absolute atomic E-state index is 0.102. The van der Waals surface area contributed by atoms with Crippen LogP contribution in [0.4, 0.5) is 0 Å². The third kappa shape index (κ3) is 4.51. The highest BCUT2D eigenvalue weighted by Crippen LogP contribution is 2.30. The summed E-state index contributed by atoms with van der Waals surface area (Å²) in [4.78, 5) is 15.6. The molecule has 3 rings (SSSR count). The number of benzene rings is 2. The third-order valence-electron chi connectivity index (χ3n) is 4.23. The van der Waals surface area contributed by atoms with Crippen LogP contribution in [0.15, 0.2) is 48.7 Å². The summed E-state index contributed by atoms with van der Waals surface area (Å²) in [7, 11) is 0. The van der Waals surface area contributed by atoms with Crippen LogP contribution in [0.1, 0.15) is 57.5 Å². The van der Waals surface area contributed by atoms with Gasteiger partial charge in [0.15, 0.2) is 0 Å². The maximum atomic E-state index is 12.5. The van der Waals surface area contributed by atoms with Crippen LogP contribution in [0, 0.1) is 0 Å². The molecule has 4 heteroatoms. The second-order valence-electron chi connectivity index (χ2n) is 8.79. The maximum absolute atomic E-state index is 12.5. The van der Waals surface area contributed by atoms with Gasteiger partial charge in [0, 0.05) is 17.1 Å². The van der Waals surface area contributed by atoms with Crippen LogP contribution in [0.25, 0.3) is 10.9 Å². The molecule has 0 saturated heterocycles. The Morgan fingerprint density at radius 2 is 1.52 bits per heavy atom. The van der Waals surface area contributed by atoms with E-state index in [2.05, 4.69) is 37.9 Å². The average molecular weight is 365 g/mol. The third-order valence-corrected chi connectivity index (χ3v) is 4.23. The van der Waals surface area contributed by atoms with Gasteiger partial charge in [0.1, 0.15) is 17.1 Å². The van der Waals surface area contributed by atoms with Crippen molar-refractivity contribution in [2.24, 2.45) is 0 Å². The zero-order valence-corrected chi connectivity index (χ0v) is 16.8. The molecule has 0 saturated carbocycles. The van der Waals surface area contributed by atoms with E-state index in [9.17, 15) is 4.79 Å². The van der Waals surface area contributed by atoms with Gasteiger partial charge in [-0.25, -0.2) is 4.79 Å². The number of nitrogens with one attached hydrogen (secondary N) is 1. The lowest BCUT2D eigenvalue weighted by atomic mass is 9.87. The fourth-order valence-electron chi connectivity index (χ4n) is 2.82. The second-order valence-corrected chi connectivity index (χ2v) is 8.79. The molecule has 1 N–H and O–H groups in total. The van der Waals surface area contributed by atoms with E-state index < -0.39 is 5.60 Å². The van der Waals surface area contributed by atoms with Gasteiger partial charge in [0.25, 0.3) is 0 Å². The molecule has 1 aromatic heterocycles. The van der Waals surface area contributed by atoms with E-state index in [1.54, 1.807) is 6.20 Å². The Morgan fingerprint density at radius 3 is 2.11 bits per heavy atom. The van der Waals surface area contributed by atoms with Gasteiger partial charge < -0.3 is 14.5 Å². The Bertz CT molecular complexity index is 954. The minimum atomic E-state index is -0.538. The summed E-state index contributed by atoms with van der Waals surface area (Å²) < 4.78 is 11.5. The Labute approximate surface area is 160 Å². The van der Waals surface area contributed by atoms with Gasteiger partial charge in [0.2, 0.25) is 0 Å². The summed E-state index contributed by atoms with van der Waals surface area (Å²) in [6.45, 7) is 12.1.